The maximum absolute atomic E-state index is 11.5. The number of hydrogen-bond donors (Lipinski definition) is 2. The van der Waals surface area contributed by atoms with E-state index in [0.29, 0.717) is 31.0 Å². The van der Waals surface area contributed by atoms with Gasteiger partial charge in [-0.1, -0.05) is 61.7 Å². The Balaban J connectivity index is -0.000000345. The van der Waals surface area contributed by atoms with Crippen LogP contribution in [0.1, 0.15) is 85.0 Å². The monoisotopic (exact) mass is 1990 g/mol. The second-order valence-corrected chi connectivity index (χ2v) is 118. The number of hydrogen-bond acceptors (Lipinski definition) is 16. The standard InChI is InChI=1S/C23H54NO4Si4.C22H51NO4Si4.C18H47NO3Si4.C15H39BrO2Si4.C4H10O.CH3/c1-22(2)23(25)26-18-17-24(3,4)16-14-15-19-30(8,9)28-32(12,13)21-20-31(10,11)27-29(5,6)7;1-21(2)22(24)25-17-16-23(3)15-13-14-18-29(7,8)27-31(11,12)20-19-30(9,10)26-28(4,5)6;1-19(14-15-20)13-11-12-16-24(5,6)22-26(9,10)18-17-25(7,8)21-23(2,3)4;1-19(2,3)17-21(6,7)14-15-22(8,9)18-20(4,5)13-11-10-12-16;1-2-3-4-5;/h1,14-21H2,2-13H3;1,13-20H2,2-12H3;20H,11-18H2,1-10H3;10-15H2,1-9H3;5H,2-4H2,1H3;1H3/q+1;;;;;-1. The summed E-state index contributed by atoms with van der Waals surface area (Å²) in [5.74, 6) is -0.594. The minimum Gasteiger partial charge on any atom is -0.461 e. The number of aliphatic hydroxyl groups is 2. The number of unbranched alkanes of at least 4 members (excludes halogenated alkanes) is 5. The molecule has 0 rings (SSSR count). The maximum atomic E-state index is 11.5. The van der Waals surface area contributed by atoms with E-state index in [1.807, 2.05) is 0 Å². The Morgan fingerprint density at radius 1 is 0.316 bits per heavy atom. The summed E-state index contributed by atoms with van der Waals surface area (Å²) in [5.41, 5.74) is 0.916. The van der Waals surface area contributed by atoms with Crippen LogP contribution in [0.3, 0.4) is 0 Å². The van der Waals surface area contributed by atoms with Gasteiger partial charge in [0.1, 0.15) is 19.8 Å². The Bertz CT molecular complexity index is 2650. The molecule has 0 aromatic carbocycles. The van der Waals surface area contributed by atoms with Crippen LogP contribution in [0.2, 0.25) is 308 Å². The summed E-state index contributed by atoms with van der Waals surface area (Å²) >= 11 is 3.53. The zero-order valence-electron chi connectivity index (χ0n) is 86.3. The van der Waals surface area contributed by atoms with Crippen molar-refractivity contribution in [2.75, 3.05) is 99.2 Å². The third kappa shape index (κ3) is 87.0. The van der Waals surface area contributed by atoms with E-state index in [2.05, 4.69) is 310 Å². The van der Waals surface area contributed by atoms with Gasteiger partial charge < -0.3 is 74.3 Å². The Morgan fingerprint density at radius 2 is 0.547 bits per heavy atom. The molecule has 0 saturated heterocycles. The van der Waals surface area contributed by atoms with Crippen molar-refractivity contribution in [1.82, 2.24) is 9.80 Å². The number of ether oxygens (including phenoxy) is 2. The van der Waals surface area contributed by atoms with Crippen LogP contribution in [0.15, 0.2) is 24.3 Å². The highest BCUT2D eigenvalue weighted by Crippen LogP contribution is 2.34. The van der Waals surface area contributed by atoms with E-state index in [0.717, 1.165) is 68.3 Å². The minimum atomic E-state index is -1.69. The predicted octanol–water partition coefficient (Wildman–Crippen LogP) is 25.8. The zero-order chi connectivity index (χ0) is 92.4. The van der Waals surface area contributed by atoms with E-state index in [1.54, 1.807) is 13.8 Å². The SMILES string of the molecule is C=C(C)C(=O)OCCN(C)CCCC[Si](C)(C)O[Si](C)(C)CC[Si](C)(C)O[Si](C)(C)C.C=C(C)C(=O)OCC[N+](C)(C)CCCC[Si](C)(C)O[Si](C)(C)CC[Si](C)(C)O[Si](C)(C)C.CCCCO.CN(CCO)CCCC[Si](C)(C)O[Si](C)(C)CC[Si](C)(C)O[Si](C)(C)C.C[Si](C)(C)O[Si](C)(C)CC[Si](C)(C)O[Si](C)(C)CCCCBr.[CH3-]. The van der Waals surface area contributed by atoms with E-state index in [9.17, 15) is 9.59 Å². The largest absolute Gasteiger partial charge is 0.461 e. The average Bonchev–Trinajstić information content (AvgIpc) is 0.856. The van der Waals surface area contributed by atoms with E-state index < -0.39 is 133 Å². The molecule has 0 bridgehead atoms. The smallest absolute Gasteiger partial charge is 0.333 e. The Kier molecular flexibility index (Phi) is 65.6. The van der Waals surface area contributed by atoms with Crippen molar-refractivity contribution in [1.29, 1.82) is 0 Å². The second kappa shape index (κ2) is 59.2. The topological polar surface area (TPSA) is 173 Å². The lowest BCUT2D eigenvalue weighted by molar-refractivity contribution is -0.890. The van der Waals surface area contributed by atoms with Crippen molar-refractivity contribution in [3.8, 4) is 0 Å². The fraction of sp³-hybridized carbons (Fsp3) is 0.916. The third-order valence-electron chi connectivity index (χ3n) is 19.3. The van der Waals surface area contributed by atoms with Crippen LogP contribution in [0.5, 0.6) is 0 Å². The number of aliphatic hydroxyl groups excluding tert-OH is 2. The number of quaternary nitrogens is 1. The van der Waals surface area contributed by atoms with Gasteiger partial charge >= 0.3 is 11.9 Å². The van der Waals surface area contributed by atoms with Gasteiger partial charge in [0.2, 0.25) is 0 Å². The Labute approximate surface area is 755 Å². The number of nitrogens with zero attached hydrogens (tertiary/aromatic N) is 3. The van der Waals surface area contributed by atoms with Crippen molar-refractivity contribution in [3.05, 3.63) is 31.7 Å². The van der Waals surface area contributed by atoms with Gasteiger partial charge in [0.15, 0.2) is 133 Å². The van der Waals surface area contributed by atoms with Crippen LogP contribution >= 0.6 is 15.9 Å². The van der Waals surface area contributed by atoms with Gasteiger partial charge in [0, 0.05) is 36.2 Å². The molecule has 17 nitrogen and oxygen atoms in total. The molecule has 0 saturated carbocycles. The van der Waals surface area contributed by atoms with Gasteiger partial charge in [-0.2, -0.15) is 0 Å². The first-order valence-electron chi connectivity index (χ1n) is 44.9. The third-order valence-corrected chi connectivity index (χ3v) is 76.0. The molecule has 0 fully saturated rings. The van der Waals surface area contributed by atoms with Crippen LogP contribution in [0.25, 0.3) is 0 Å². The minimum absolute atomic E-state index is 0. The van der Waals surface area contributed by atoms with Crippen LogP contribution in [-0.4, -0.2) is 269 Å². The Morgan fingerprint density at radius 3 is 0.769 bits per heavy atom. The first-order chi connectivity index (χ1) is 51.7. The van der Waals surface area contributed by atoms with Gasteiger partial charge in [-0.05, 0) is 388 Å². The summed E-state index contributed by atoms with van der Waals surface area (Å²) in [4.78, 5) is 27.4. The highest BCUT2D eigenvalue weighted by Gasteiger charge is 2.42. The van der Waals surface area contributed by atoms with Gasteiger partial charge in [-0.15, -0.1) is 0 Å². The van der Waals surface area contributed by atoms with Crippen LogP contribution in [0.4, 0.5) is 0 Å². The molecule has 117 heavy (non-hydrogen) atoms. The molecule has 0 heterocycles. The lowest BCUT2D eigenvalue weighted by Gasteiger charge is -2.37. The fourth-order valence-electron chi connectivity index (χ4n) is 14.5. The lowest BCUT2D eigenvalue weighted by atomic mass is 10.3. The molecule has 2 N–H and O–H groups in total. The molecular weight excluding hydrogens is 1790 g/mol. The van der Waals surface area contributed by atoms with Crippen molar-refractivity contribution >= 4 is 161 Å². The number of rotatable bonds is 59. The normalized spacial score (nSPS) is 13.6. The molecule has 0 spiro atoms. The molecule has 706 valence electrons. The quantitative estimate of drug-likeness (QED) is 0.0112. The van der Waals surface area contributed by atoms with E-state index in [1.165, 1.54) is 117 Å². The molecule has 0 radical (unpaired) electrons. The number of likely N-dealkylation sites (N-methyl/N-ethyl adjacent to an activating group) is 3. The molecular formula is C83H204BrN3O14Si16. The van der Waals surface area contributed by atoms with E-state index >= 15 is 0 Å². The molecule has 0 unspecified atom stereocenters. The molecule has 0 amide bonds. The molecule has 0 atom stereocenters. The Hall–Kier alpha value is 1.85. The number of carbonyl (C=O) groups is 2. The van der Waals surface area contributed by atoms with Gasteiger partial charge in [-0.3, -0.25) is 0 Å². The van der Waals surface area contributed by atoms with Crippen LogP contribution in [-0.2, 0) is 52.0 Å². The highest BCUT2D eigenvalue weighted by atomic mass is 79.9. The summed E-state index contributed by atoms with van der Waals surface area (Å²) in [6.45, 7) is 105. The summed E-state index contributed by atoms with van der Waals surface area (Å²) in [7, 11) is -16.5. The zero-order valence-corrected chi connectivity index (χ0v) is 104. The lowest BCUT2D eigenvalue weighted by Crippen LogP contribution is -2.47. The molecule has 0 aromatic rings. The summed E-state index contributed by atoms with van der Waals surface area (Å²) in [6, 6.07) is 14.7. The predicted molar refractivity (Wildman–Crippen MR) is 564 cm³/mol. The van der Waals surface area contributed by atoms with Crippen molar-refractivity contribution in [3.63, 3.8) is 0 Å². The molecule has 0 aromatic heterocycles. The van der Waals surface area contributed by atoms with Gasteiger partial charge in [0.05, 0.1) is 27.2 Å². The maximum Gasteiger partial charge on any atom is 0.333 e. The summed E-state index contributed by atoms with van der Waals surface area (Å²) in [6.07, 6.45) is 11.8. The second-order valence-electron chi connectivity index (χ2n) is 45.5. The molecule has 0 aliphatic rings. The van der Waals surface area contributed by atoms with Crippen LogP contribution in [0, 0.1) is 7.43 Å². The van der Waals surface area contributed by atoms with Gasteiger partial charge in [0.25, 0.3) is 0 Å². The molecule has 0 aliphatic carbocycles. The van der Waals surface area contributed by atoms with Crippen molar-refractivity contribution in [2.45, 2.75) is 393 Å². The number of alkyl halides is 1. The number of carbonyl (C=O) groups excluding carboxylic acids is 2. The van der Waals surface area contributed by atoms with Gasteiger partial charge in [-0.25, -0.2) is 9.59 Å². The number of esters is 2. The molecule has 34 heteroatoms. The van der Waals surface area contributed by atoms with Crippen molar-refractivity contribution < 1.29 is 66.7 Å². The van der Waals surface area contributed by atoms with E-state index in [-0.39, 0.29) is 26.0 Å². The fourth-order valence-corrected chi connectivity index (χ4v) is 93.9. The summed E-state index contributed by atoms with van der Waals surface area (Å²) < 4.78 is 64.6. The first-order valence-corrected chi connectivity index (χ1v) is 97.0. The van der Waals surface area contributed by atoms with Crippen molar-refractivity contribution in [2.24, 2.45) is 0 Å². The summed E-state index contributed by atoms with van der Waals surface area (Å²) in [5, 5.41) is 18.1. The first kappa shape index (κ1) is 130. The highest BCUT2D eigenvalue weighted by molar-refractivity contribution is 9.09. The van der Waals surface area contributed by atoms with E-state index in [4.69, 9.17) is 52.6 Å². The number of halogens is 1. The molecule has 0 aliphatic heterocycles. The average molecular weight is 2000 g/mol. The van der Waals surface area contributed by atoms with Crippen LogP contribution < -0.4 is 0 Å².